The molecule has 0 aromatic heterocycles. The largest absolute Gasteiger partial charge is 0.480 e. The molecule has 102 valence electrons. The normalized spacial score (nSPS) is 11.4. The Labute approximate surface area is 110 Å². The Bertz CT molecular complexity index is 457. The van der Waals surface area contributed by atoms with Crippen LogP contribution in [0.4, 0.5) is 0 Å². The molecule has 0 saturated carbocycles. The number of carboxylic acid groups (broad SMARTS) is 1. The number of carboxylic acids is 1. The summed E-state index contributed by atoms with van der Waals surface area (Å²) in [5.74, 6) is -2.49. The van der Waals surface area contributed by atoms with Gasteiger partial charge < -0.3 is 15.2 Å². The van der Waals surface area contributed by atoms with Crippen LogP contribution in [0.5, 0.6) is 0 Å². The van der Waals surface area contributed by atoms with E-state index in [1.807, 2.05) is 0 Å². The maximum Gasteiger partial charge on any atom is 0.326 e. The maximum absolute atomic E-state index is 11.8. The van der Waals surface area contributed by atoms with Crippen molar-refractivity contribution in [3.63, 3.8) is 0 Å². The lowest BCUT2D eigenvalue weighted by Gasteiger charge is -2.13. The molecule has 1 aromatic rings. The zero-order chi connectivity index (χ0) is 14.3. The van der Waals surface area contributed by atoms with Crippen LogP contribution in [0.1, 0.15) is 23.7 Å². The van der Waals surface area contributed by atoms with Gasteiger partial charge in [0.15, 0.2) is 0 Å². The molecule has 0 aliphatic carbocycles. The first-order valence-electron chi connectivity index (χ1n) is 5.79. The molecule has 0 radical (unpaired) electrons. The van der Waals surface area contributed by atoms with E-state index >= 15 is 0 Å². The molecule has 2 N–H and O–H groups in total. The fraction of sp³-hybridized carbons (Fsp3) is 0.308. The highest BCUT2D eigenvalue weighted by Crippen LogP contribution is 2.02. The Morgan fingerprint density at radius 2 is 1.89 bits per heavy atom. The summed E-state index contributed by atoms with van der Waals surface area (Å²) < 4.78 is 4.66. The predicted octanol–water partition coefficient (Wildman–Crippen LogP) is 0.823. The highest BCUT2D eigenvalue weighted by Gasteiger charge is 2.24. The highest BCUT2D eigenvalue weighted by molar-refractivity contribution is 5.97. The van der Waals surface area contributed by atoms with E-state index in [0.717, 1.165) is 0 Å². The summed E-state index contributed by atoms with van der Waals surface area (Å²) in [6.45, 7) is 1.79. The monoisotopic (exact) mass is 265 g/mol. The number of hydrogen-bond donors (Lipinski definition) is 2. The summed E-state index contributed by atoms with van der Waals surface area (Å²) >= 11 is 0. The van der Waals surface area contributed by atoms with Gasteiger partial charge in [-0.1, -0.05) is 18.2 Å². The molecule has 1 amide bonds. The molecule has 0 saturated heterocycles. The molecule has 0 aliphatic heterocycles. The fourth-order valence-electron chi connectivity index (χ4n) is 1.42. The fourth-order valence-corrected chi connectivity index (χ4v) is 1.42. The summed E-state index contributed by atoms with van der Waals surface area (Å²) in [4.78, 5) is 34.0. The van der Waals surface area contributed by atoms with Gasteiger partial charge in [-0.15, -0.1) is 0 Å². The Morgan fingerprint density at radius 1 is 1.26 bits per heavy atom. The quantitative estimate of drug-likeness (QED) is 0.743. The predicted molar refractivity (Wildman–Crippen MR) is 66.6 cm³/mol. The number of ether oxygens (including phenoxy) is 1. The molecule has 0 heterocycles. The SMILES string of the molecule is CCOC(=O)C[C@@H](NC(=O)c1ccccc1)C(=O)O. The van der Waals surface area contributed by atoms with Crippen LogP contribution in [-0.2, 0) is 14.3 Å². The first kappa shape index (κ1) is 14.7. The van der Waals surface area contributed by atoms with E-state index in [1.165, 1.54) is 0 Å². The minimum Gasteiger partial charge on any atom is -0.480 e. The molecule has 6 heteroatoms. The third-order valence-corrected chi connectivity index (χ3v) is 2.32. The van der Waals surface area contributed by atoms with E-state index < -0.39 is 30.3 Å². The van der Waals surface area contributed by atoms with Crippen LogP contribution in [0.15, 0.2) is 30.3 Å². The topological polar surface area (TPSA) is 92.7 Å². The van der Waals surface area contributed by atoms with Gasteiger partial charge in [0.25, 0.3) is 5.91 Å². The first-order chi connectivity index (χ1) is 9.04. The second-order valence-corrected chi connectivity index (χ2v) is 3.74. The zero-order valence-corrected chi connectivity index (χ0v) is 10.5. The highest BCUT2D eigenvalue weighted by atomic mass is 16.5. The van der Waals surface area contributed by atoms with Gasteiger partial charge in [0.1, 0.15) is 6.04 Å². The average molecular weight is 265 g/mol. The van der Waals surface area contributed by atoms with E-state index in [2.05, 4.69) is 10.1 Å². The van der Waals surface area contributed by atoms with Crippen LogP contribution in [0.2, 0.25) is 0 Å². The Hall–Kier alpha value is -2.37. The molecule has 0 aliphatic rings. The summed E-state index contributed by atoms with van der Waals surface area (Å²) in [7, 11) is 0. The van der Waals surface area contributed by atoms with Crippen molar-refractivity contribution in [1.82, 2.24) is 5.32 Å². The number of aliphatic carboxylic acids is 1. The third kappa shape index (κ3) is 4.79. The van der Waals surface area contributed by atoms with Crippen LogP contribution in [0.3, 0.4) is 0 Å². The second kappa shape index (κ2) is 7.15. The van der Waals surface area contributed by atoms with Crippen molar-refractivity contribution in [2.24, 2.45) is 0 Å². The second-order valence-electron chi connectivity index (χ2n) is 3.74. The lowest BCUT2D eigenvalue weighted by Crippen LogP contribution is -2.42. The van der Waals surface area contributed by atoms with Crippen LogP contribution >= 0.6 is 0 Å². The molecule has 1 rings (SSSR count). The minimum atomic E-state index is -1.30. The molecule has 6 nitrogen and oxygen atoms in total. The number of benzene rings is 1. The van der Waals surface area contributed by atoms with Crippen molar-refractivity contribution >= 4 is 17.8 Å². The van der Waals surface area contributed by atoms with Crippen molar-refractivity contribution in [2.75, 3.05) is 6.61 Å². The summed E-state index contributed by atoms with van der Waals surface area (Å²) in [5, 5.41) is 11.2. The van der Waals surface area contributed by atoms with Crippen molar-refractivity contribution in [1.29, 1.82) is 0 Å². The maximum atomic E-state index is 11.8. The molecular weight excluding hydrogens is 250 g/mol. The minimum absolute atomic E-state index is 0.164. The molecule has 0 fully saturated rings. The lowest BCUT2D eigenvalue weighted by molar-refractivity contribution is -0.149. The van der Waals surface area contributed by atoms with Gasteiger partial charge in [0.05, 0.1) is 13.0 Å². The van der Waals surface area contributed by atoms with Gasteiger partial charge >= 0.3 is 11.9 Å². The van der Waals surface area contributed by atoms with Crippen molar-refractivity contribution in [2.45, 2.75) is 19.4 Å². The van der Waals surface area contributed by atoms with Gasteiger partial charge in [0, 0.05) is 5.56 Å². The van der Waals surface area contributed by atoms with E-state index in [4.69, 9.17) is 5.11 Å². The smallest absolute Gasteiger partial charge is 0.326 e. The van der Waals surface area contributed by atoms with Gasteiger partial charge in [0.2, 0.25) is 0 Å². The first-order valence-corrected chi connectivity index (χ1v) is 5.79. The number of hydrogen-bond acceptors (Lipinski definition) is 4. The molecule has 0 unspecified atom stereocenters. The van der Waals surface area contributed by atoms with Crippen molar-refractivity contribution in [3.05, 3.63) is 35.9 Å². The van der Waals surface area contributed by atoms with Crippen molar-refractivity contribution < 1.29 is 24.2 Å². The number of carbonyl (C=O) groups is 3. The van der Waals surface area contributed by atoms with Gasteiger partial charge in [-0.3, -0.25) is 9.59 Å². The molecule has 0 spiro atoms. The van der Waals surface area contributed by atoms with E-state index in [0.29, 0.717) is 5.56 Å². The van der Waals surface area contributed by atoms with Gasteiger partial charge in [-0.25, -0.2) is 4.79 Å². The standard InChI is InChI=1S/C13H15NO5/c1-2-19-11(15)8-10(13(17)18)14-12(16)9-6-4-3-5-7-9/h3-7,10H,2,8H2,1H3,(H,14,16)(H,17,18)/t10-/m1/s1. The van der Waals surface area contributed by atoms with Crippen LogP contribution in [0, 0.1) is 0 Å². The third-order valence-electron chi connectivity index (χ3n) is 2.32. The summed E-state index contributed by atoms with van der Waals surface area (Å²) in [6, 6.07) is 6.87. The number of amides is 1. The molecule has 19 heavy (non-hydrogen) atoms. The van der Waals surface area contributed by atoms with Crippen LogP contribution < -0.4 is 5.32 Å². The van der Waals surface area contributed by atoms with Crippen molar-refractivity contribution in [3.8, 4) is 0 Å². The molecule has 0 bridgehead atoms. The Morgan fingerprint density at radius 3 is 2.42 bits per heavy atom. The number of esters is 1. The van der Waals surface area contributed by atoms with Gasteiger partial charge in [-0.2, -0.15) is 0 Å². The van der Waals surface area contributed by atoms with E-state index in [-0.39, 0.29) is 6.61 Å². The molecular formula is C13H15NO5. The van der Waals surface area contributed by atoms with E-state index in [9.17, 15) is 14.4 Å². The average Bonchev–Trinajstić information content (AvgIpc) is 2.39. The van der Waals surface area contributed by atoms with Gasteiger partial charge in [-0.05, 0) is 19.1 Å². The zero-order valence-electron chi connectivity index (χ0n) is 10.5. The lowest BCUT2D eigenvalue weighted by atomic mass is 10.1. The number of nitrogens with one attached hydrogen (secondary N) is 1. The Kier molecular flexibility index (Phi) is 5.53. The molecule has 1 aromatic carbocycles. The van der Waals surface area contributed by atoms with E-state index in [1.54, 1.807) is 37.3 Å². The number of rotatable bonds is 6. The number of carbonyl (C=O) groups excluding carboxylic acids is 2. The molecule has 1 atom stereocenters. The Balaban J connectivity index is 2.66. The summed E-state index contributed by atoms with van der Waals surface area (Å²) in [5.41, 5.74) is 0.331. The van der Waals surface area contributed by atoms with Crippen LogP contribution in [0.25, 0.3) is 0 Å². The van der Waals surface area contributed by atoms with Crippen LogP contribution in [-0.4, -0.2) is 35.6 Å². The summed E-state index contributed by atoms with van der Waals surface area (Å²) in [6.07, 6.45) is -0.401.